The number of aromatic amines is 1. The molecule has 0 bridgehead atoms. The van der Waals surface area contributed by atoms with Crippen LogP contribution < -0.4 is 5.32 Å². The maximum atomic E-state index is 11.3. The van der Waals surface area contributed by atoms with E-state index in [4.69, 9.17) is 0 Å². The quantitative estimate of drug-likeness (QED) is 0.575. The van der Waals surface area contributed by atoms with Crippen molar-refractivity contribution in [3.63, 3.8) is 0 Å². The number of aromatic nitrogens is 2. The number of fused-ring (bicyclic) bond motifs is 1. The molecule has 1 aromatic heterocycles. The Balaban J connectivity index is 2.43. The summed E-state index contributed by atoms with van der Waals surface area (Å²) in [6, 6.07) is -0.406. The van der Waals surface area contributed by atoms with Gasteiger partial charge in [0.05, 0.1) is 18.6 Å². The number of carbonyl (C=O) groups excluding carboxylic acids is 2. The van der Waals surface area contributed by atoms with E-state index in [1.165, 1.54) is 11.2 Å². The predicted molar refractivity (Wildman–Crippen MR) is 42.9 cm³/mol. The average molecular weight is 180 g/mol. The molecule has 1 aliphatic rings. The van der Waals surface area contributed by atoms with Crippen molar-refractivity contribution < 1.29 is 9.59 Å². The molecule has 0 aliphatic carbocycles. The van der Waals surface area contributed by atoms with Crippen LogP contribution in [0, 0.1) is 0 Å². The number of nitrogens with one attached hydrogen (secondary N) is 2. The number of nitrogens with zero attached hydrogens (tertiary/aromatic N) is 2. The van der Waals surface area contributed by atoms with E-state index in [9.17, 15) is 9.59 Å². The third-order valence-corrected chi connectivity index (χ3v) is 1.90. The van der Waals surface area contributed by atoms with Crippen LogP contribution in [0.3, 0.4) is 0 Å². The van der Waals surface area contributed by atoms with E-state index in [-0.39, 0.29) is 5.69 Å². The molecule has 2 heterocycles. The summed E-state index contributed by atoms with van der Waals surface area (Å²) in [5.41, 5.74) is 0.948. The van der Waals surface area contributed by atoms with Gasteiger partial charge in [-0.25, -0.2) is 9.78 Å². The lowest BCUT2D eigenvalue weighted by atomic mass is 10.3. The first-order valence-electron chi connectivity index (χ1n) is 3.77. The first-order chi connectivity index (χ1) is 6.18. The predicted octanol–water partition coefficient (Wildman–Crippen LogP) is -0.295. The Morgan fingerprint density at radius 3 is 3.08 bits per heavy atom. The molecule has 0 spiro atoms. The van der Waals surface area contributed by atoms with Crippen molar-refractivity contribution in [3.8, 4) is 0 Å². The summed E-state index contributed by atoms with van der Waals surface area (Å²) in [7, 11) is 1.61. The van der Waals surface area contributed by atoms with Gasteiger partial charge in [-0.15, -0.1) is 0 Å². The Kier molecular flexibility index (Phi) is 1.54. The first kappa shape index (κ1) is 7.78. The molecule has 0 saturated heterocycles. The smallest absolute Gasteiger partial charge is 0.324 e. The van der Waals surface area contributed by atoms with E-state index in [1.807, 2.05) is 0 Å². The average Bonchev–Trinajstić information content (AvgIpc) is 2.48. The summed E-state index contributed by atoms with van der Waals surface area (Å²) in [6.45, 7) is 0.368. The second kappa shape index (κ2) is 2.58. The number of hydrogen-bond acceptors (Lipinski definition) is 3. The number of rotatable bonds is 0. The Hall–Kier alpha value is -1.85. The van der Waals surface area contributed by atoms with Gasteiger partial charge >= 0.3 is 6.03 Å². The van der Waals surface area contributed by atoms with Crippen LogP contribution in [0.1, 0.15) is 16.2 Å². The fourth-order valence-corrected chi connectivity index (χ4v) is 1.20. The third kappa shape index (κ3) is 1.16. The van der Waals surface area contributed by atoms with E-state index in [0.717, 1.165) is 0 Å². The topological polar surface area (TPSA) is 78.1 Å². The molecule has 68 valence electrons. The van der Waals surface area contributed by atoms with E-state index < -0.39 is 11.9 Å². The molecule has 2 rings (SSSR count). The fourth-order valence-electron chi connectivity index (χ4n) is 1.20. The Bertz CT molecular complexity index is 370. The summed E-state index contributed by atoms with van der Waals surface area (Å²) in [4.78, 5) is 30.5. The molecule has 3 amide bonds. The van der Waals surface area contributed by atoms with E-state index in [1.54, 1.807) is 7.05 Å². The lowest BCUT2D eigenvalue weighted by molar-refractivity contribution is 0.0956. The second-order valence-electron chi connectivity index (χ2n) is 2.85. The lowest BCUT2D eigenvalue weighted by Crippen LogP contribution is -2.37. The highest BCUT2D eigenvalue weighted by atomic mass is 16.2. The summed E-state index contributed by atoms with van der Waals surface area (Å²) in [6.07, 6.45) is 1.44. The number of H-pyrrole nitrogens is 1. The molecular formula is C7H8N4O2. The molecule has 0 saturated carbocycles. The monoisotopic (exact) mass is 180 g/mol. The fraction of sp³-hybridized carbons (Fsp3) is 0.286. The van der Waals surface area contributed by atoms with Crippen molar-refractivity contribution in [1.82, 2.24) is 20.2 Å². The third-order valence-electron chi connectivity index (χ3n) is 1.90. The minimum Gasteiger partial charge on any atom is -0.346 e. The molecule has 1 aromatic rings. The zero-order valence-corrected chi connectivity index (χ0v) is 7.00. The number of imide groups is 1. The van der Waals surface area contributed by atoms with Crippen LogP contribution in [-0.2, 0) is 6.54 Å². The Morgan fingerprint density at radius 2 is 2.31 bits per heavy atom. The van der Waals surface area contributed by atoms with Gasteiger partial charge in [-0.2, -0.15) is 0 Å². The molecular weight excluding hydrogens is 172 g/mol. The van der Waals surface area contributed by atoms with Crippen molar-refractivity contribution in [2.75, 3.05) is 7.05 Å². The van der Waals surface area contributed by atoms with Crippen LogP contribution in [0.15, 0.2) is 6.33 Å². The van der Waals surface area contributed by atoms with Gasteiger partial charge in [0.2, 0.25) is 0 Å². The summed E-state index contributed by atoms with van der Waals surface area (Å²) in [5.74, 6) is -0.453. The summed E-state index contributed by atoms with van der Waals surface area (Å²) >= 11 is 0. The lowest BCUT2D eigenvalue weighted by Gasteiger charge is -2.11. The van der Waals surface area contributed by atoms with Gasteiger partial charge in [-0.1, -0.05) is 0 Å². The zero-order valence-electron chi connectivity index (χ0n) is 7.00. The zero-order chi connectivity index (χ0) is 9.42. The SMILES string of the molecule is CN1Cc2[nH]cnc2C(=O)NC1=O. The van der Waals surface area contributed by atoms with E-state index in [2.05, 4.69) is 15.3 Å². The van der Waals surface area contributed by atoms with Gasteiger partial charge in [0, 0.05) is 7.05 Å². The molecule has 0 fully saturated rings. The summed E-state index contributed by atoms with van der Waals surface area (Å²) in [5, 5.41) is 2.20. The minimum absolute atomic E-state index is 0.290. The largest absolute Gasteiger partial charge is 0.346 e. The number of amides is 3. The van der Waals surface area contributed by atoms with Gasteiger partial charge in [-0.05, 0) is 0 Å². The van der Waals surface area contributed by atoms with Gasteiger partial charge in [-0.3, -0.25) is 10.1 Å². The molecule has 0 radical (unpaired) electrons. The minimum atomic E-state index is -0.453. The van der Waals surface area contributed by atoms with Crippen LogP contribution in [-0.4, -0.2) is 33.9 Å². The number of carbonyl (C=O) groups is 2. The second-order valence-corrected chi connectivity index (χ2v) is 2.85. The van der Waals surface area contributed by atoms with Gasteiger partial charge in [0.15, 0.2) is 5.69 Å². The normalized spacial score (nSPS) is 16.5. The van der Waals surface area contributed by atoms with Crippen molar-refractivity contribution in [2.45, 2.75) is 6.54 Å². The van der Waals surface area contributed by atoms with Crippen LogP contribution in [0.2, 0.25) is 0 Å². The van der Waals surface area contributed by atoms with Crippen molar-refractivity contribution >= 4 is 11.9 Å². The van der Waals surface area contributed by atoms with Gasteiger partial charge in [0.1, 0.15) is 0 Å². The highest BCUT2D eigenvalue weighted by molar-refractivity contribution is 6.04. The van der Waals surface area contributed by atoms with Crippen molar-refractivity contribution in [1.29, 1.82) is 0 Å². The van der Waals surface area contributed by atoms with E-state index in [0.29, 0.717) is 12.2 Å². The molecule has 2 N–H and O–H groups in total. The first-order valence-corrected chi connectivity index (χ1v) is 3.77. The number of imidazole rings is 1. The maximum Gasteiger partial charge on any atom is 0.324 e. The van der Waals surface area contributed by atoms with Crippen molar-refractivity contribution in [2.24, 2.45) is 0 Å². The highest BCUT2D eigenvalue weighted by Crippen LogP contribution is 2.09. The van der Waals surface area contributed by atoms with Crippen LogP contribution in [0.25, 0.3) is 0 Å². The van der Waals surface area contributed by atoms with Crippen LogP contribution >= 0.6 is 0 Å². The molecule has 0 atom stereocenters. The molecule has 0 unspecified atom stereocenters. The maximum absolute atomic E-state index is 11.3. The molecule has 13 heavy (non-hydrogen) atoms. The Labute approximate surface area is 73.9 Å². The Morgan fingerprint density at radius 1 is 1.54 bits per heavy atom. The molecule has 6 nitrogen and oxygen atoms in total. The number of hydrogen-bond donors (Lipinski definition) is 2. The van der Waals surface area contributed by atoms with Gasteiger partial charge in [0.25, 0.3) is 5.91 Å². The summed E-state index contributed by atoms with van der Waals surface area (Å²) < 4.78 is 0. The highest BCUT2D eigenvalue weighted by Gasteiger charge is 2.24. The molecule has 0 aromatic carbocycles. The van der Waals surface area contributed by atoms with Crippen LogP contribution in [0.5, 0.6) is 0 Å². The standard InChI is InChI=1S/C7H8N4O2/c1-11-2-4-5(9-3-8-4)6(12)10-7(11)13/h3H,2H2,1H3,(H,8,9)(H,10,12,13). The molecule has 1 aliphatic heterocycles. The van der Waals surface area contributed by atoms with Gasteiger partial charge < -0.3 is 9.88 Å². The van der Waals surface area contributed by atoms with Crippen molar-refractivity contribution in [3.05, 3.63) is 17.7 Å². The van der Waals surface area contributed by atoms with Crippen LogP contribution in [0.4, 0.5) is 4.79 Å². The van der Waals surface area contributed by atoms with E-state index >= 15 is 0 Å². The molecule has 6 heteroatoms. The number of urea groups is 1.